The number of ketones is 1. The van der Waals surface area contributed by atoms with E-state index in [1.165, 1.54) is 47.7 Å². The highest BCUT2D eigenvalue weighted by Crippen LogP contribution is 2.40. The van der Waals surface area contributed by atoms with Crippen molar-refractivity contribution in [3.63, 3.8) is 0 Å². The van der Waals surface area contributed by atoms with Crippen LogP contribution in [0, 0.1) is 152 Å². The molecular weight excluding hydrogens is 1250 g/mol. The molecule has 10 aromatic rings. The topological polar surface area (TPSA) is 318 Å². The Hall–Kier alpha value is -9.91. The Kier molecular flexibility index (Phi) is 33.4. The van der Waals surface area contributed by atoms with E-state index in [1.54, 1.807) is 60.4 Å². The van der Waals surface area contributed by atoms with E-state index in [1.807, 2.05) is 149 Å². The van der Waals surface area contributed by atoms with Crippen LogP contribution in [0.3, 0.4) is 0 Å². The molecule has 0 aliphatic heterocycles. The van der Waals surface area contributed by atoms with Gasteiger partial charge in [0.05, 0.1) is 45.1 Å². The first-order chi connectivity index (χ1) is 45.5. The summed E-state index contributed by atoms with van der Waals surface area (Å²) in [5.41, 5.74) is 16.0. The monoisotopic (exact) mass is 1340 g/mol. The van der Waals surface area contributed by atoms with E-state index in [0.29, 0.717) is 51.4 Å². The molecule has 1 amide bonds. The molecule has 1 aliphatic rings. The summed E-state index contributed by atoms with van der Waals surface area (Å²) in [5, 5.41) is 8.29. The average Bonchev–Trinajstić information content (AvgIpc) is 1.82. The standard InChI is InChI=1S/C9H10N4O.C9H13N3O2.C9H12N2.C9H14N2.C8H10N2O.3C7H10N2.C6H7ClN2/c1-5-8(4-10-6(2)11-5)9-13-12-7(3)14-9;1-6-8(5-10-7(2)11-6)14-9(13)12(3)4;1-6-9(8-3-4-8)5-10-7(2)11-6;1-6(2)9-5-10-8(4)11-7(9)3;1-5-8(6(2)11)4-9-7(3)10-5;3*1-5-4-8-7(3)9-6(5)2;1-4-6(7)3-8-5(2)9-4/h4H,1-3H3;5H,1-4H3;5,8H,3-4H2,1-2H3;5-6H,1-4H3;4H,1-3H3;3*4H,1-3H3;3H,1-2H3. The molecule has 1 aliphatic carbocycles. The van der Waals surface area contributed by atoms with E-state index < -0.39 is 6.09 Å². The zero-order valence-corrected chi connectivity index (χ0v) is 62.4. The number of rotatable bonds is 5. The van der Waals surface area contributed by atoms with E-state index in [4.69, 9.17) is 20.8 Å². The summed E-state index contributed by atoms with van der Waals surface area (Å²) < 4.78 is 10.3. The van der Waals surface area contributed by atoms with Gasteiger partial charge in [0.2, 0.25) is 5.89 Å². The second-order valence-electron chi connectivity index (χ2n) is 23.4. The van der Waals surface area contributed by atoms with E-state index in [2.05, 4.69) is 121 Å². The second-order valence-corrected chi connectivity index (χ2v) is 23.8. The van der Waals surface area contributed by atoms with Crippen molar-refractivity contribution < 1.29 is 18.7 Å². The third kappa shape index (κ3) is 29.7. The van der Waals surface area contributed by atoms with Crippen LogP contribution in [0.4, 0.5) is 4.79 Å². The first kappa shape index (κ1) is 81.3. The van der Waals surface area contributed by atoms with Crippen LogP contribution in [0.25, 0.3) is 11.5 Å². The van der Waals surface area contributed by atoms with Gasteiger partial charge in [0.1, 0.15) is 52.4 Å². The van der Waals surface area contributed by atoms with Crippen molar-refractivity contribution in [1.82, 2.24) is 105 Å². The lowest BCUT2D eigenvalue weighted by molar-refractivity contribution is 0.101. The Morgan fingerprint density at radius 1 is 0.433 bits per heavy atom. The largest absolute Gasteiger partial charge is 0.421 e. The van der Waals surface area contributed by atoms with Crippen LogP contribution in [0.15, 0.2) is 60.2 Å². The Balaban J connectivity index is 0.000000286. The molecule has 10 aromatic heterocycles. The van der Waals surface area contributed by atoms with Gasteiger partial charge in [-0.15, -0.1) is 10.2 Å². The van der Waals surface area contributed by atoms with Gasteiger partial charge in [0.15, 0.2) is 11.5 Å². The number of hydrogen-bond acceptors (Lipinski definition) is 24. The second kappa shape index (κ2) is 39.8. The van der Waals surface area contributed by atoms with Crippen molar-refractivity contribution in [1.29, 1.82) is 0 Å². The molecule has 10 heterocycles. The molecular formula is C71H96ClN21O4. The van der Waals surface area contributed by atoms with Gasteiger partial charge in [-0.2, -0.15) is 0 Å². The zero-order chi connectivity index (χ0) is 73.0. The molecule has 0 N–H and O–H groups in total. The van der Waals surface area contributed by atoms with Gasteiger partial charge in [0.25, 0.3) is 5.89 Å². The molecule has 0 radical (unpaired) electrons. The van der Waals surface area contributed by atoms with Gasteiger partial charge < -0.3 is 14.1 Å². The minimum atomic E-state index is -0.430. The molecule has 1 fully saturated rings. The lowest BCUT2D eigenvalue weighted by Gasteiger charge is -2.11. The quantitative estimate of drug-likeness (QED) is 0.144. The zero-order valence-electron chi connectivity index (χ0n) is 61.7. The Bertz CT molecular complexity index is 3950. The summed E-state index contributed by atoms with van der Waals surface area (Å²) >= 11 is 5.66. The highest BCUT2D eigenvalue weighted by molar-refractivity contribution is 6.31. The minimum absolute atomic E-state index is 0.0162. The Morgan fingerprint density at radius 2 is 0.804 bits per heavy atom. The van der Waals surface area contributed by atoms with E-state index in [-0.39, 0.29) is 5.78 Å². The highest BCUT2D eigenvalue weighted by atomic mass is 35.5. The van der Waals surface area contributed by atoms with Crippen LogP contribution in [-0.4, -0.2) is 131 Å². The number of nitrogens with zero attached hydrogens (tertiary/aromatic N) is 21. The number of aromatic nitrogens is 20. The van der Waals surface area contributed by atoms with Gasteiger partial charge >= 0.3 is 6.09 Å². The lowest BCUT2D eigenvalue weighted by atomic mass is 10.0. The fourth-order valence-electron chi connectivity index (χ4n) is 8.03. The molecule has 1 saturated carbocycles. The van der Waals surface area contributed by atoms with Gasteiger partial charge in [0, 0.05) is 99.1 Å². The minimum Gasteiger partial charge on any atom is -0.421 e. The third-order valence-electron chi connectivity index (χ3n) is 13.9. The number of carbonyl (C=O) groups is 2. The molecule has 516 valence electrons. The number of Topliss-reactive ketones (excluding diaryl/α,β-unsaturated/α-hetero) is 1. The summed E-state index contributed by atoms with van der Waals surface area (Å²) in [6.07, 6.45) is 18.0. The first-order valence-corrected chi connectivity index (χ1v) is 31.8. The number of halogens is 1. The molecule has 0 spiro atoms. The number of aryl methyl sites for hydroxylation is 22. The average molecular weight is 1340 g/mol. The SMILES string of the molecule is CC(=O)c1cnc(C)nc1C.Cc1ncc(-c2nnc(C)o2)c(C)n1.Cc1ncc(C(C)C)c(C)n1.Cc1ncc(C)c(C)n1.Cc1ncc(C)c(C)n1.Cc1ncc(C)c(C)n1.Cc1ncc(C2CC2)c(C)n1.Cc1ncc(Cl)c(C)n1.Cc1ncc(OC(=O)N(C)C)c(C)n1. The normalized spacial score (nSPS) is 10.7. The van der Waals surface area contributed by atoms with Crippen LogP contribution < -0.4 is 4.74 Å². The molecule has 25 nitrogen and oxygen atoms in total. The number of hydrogen-bond donors (Lipinski definition) is 0. The number of ether oxygens (including phenoxy) is 1. The van der Waals surface area contributed by atoms with Crippen LogP contribution in [0.5, 0.6) is 5.75 Å². The maximum Gasteiger partial charge on any atom is 0.414 e. The maximum atomic E-state index is 11.2. The van der Waals surface area contributed by atoms with Crippen LogP contribution in [0.1, 0.15) is 193 Å². The van der Waals surface area contributed by atoms with Gasteiger partial charge in [-0.1, -0.05) is 25.4 Å². The molecule has 26 heteroatoms. The van der Waals surface area contributed by atoms with Crippen molar-refractivity contribution in [2.75, 3.05) is 14.1 Å². The third-order valence-corrected chi connectivity index (χ3v) is 14.3. The lowest BCUT2D eigenvalue weighted by Crippen LogP contribution is -2.25. The van der Waals surface area contributed by atoms with Crippen LogP contribution in [-0.2, 0) is 0 Å². The van der Waals surface area contributed by atoms with Crippen LogP contribution >= 0.6 is 11.6 Å². The van der Waals surface area contributed by atoms with E-state index in [0.717, 1.165) is 109 Å². The summed E-state index contributed by atoms with van der Waals surface area (Å²) in [6, 6.07) is 0. The Morgan fingerprint density at radius 3 is 1.14 bits per heavy atom. The summed E-state index contributed by atoms with van der Waals surface area (Å²) in [7, 11) is 3.24. The van der Waals surface area contributed by atoms with Crippen molar-refractivity contribution in [3.8, 4) is 17.2 Å². The summed E-state index contributed by atoms with van der Waals surface area (Å²) in [4.78, 5) is 97.2. The molecule has 0 aromatic carbocycles. The van der Waals surface area contributed by atoms with Gasteiger partial charge in [-0.3, -0.25) is 4.79 Å². The Labute approximate surface area is 577 Å². The first-order valence-electron chi connectivity index (χ1n) is 31.4. The molecule has 0 bridgehead atoms. The molecule has 11 rings (SSSR count). The molecule has 0 saturated heterocycles. The van der Waals surface area contributed by atoms with Crippen molar-refractivity contribution in [2.24, 2.45) is 0 Å². The van der Waals surface area contributed by atoms with Crippen molar-refractivity contribution >= 4 is 23.5 Å². The predicted octanol–water partition coefficient (Wildman–Crippen LogP) is 14.0. The smallest absolute Gasteiger partial charge is 0.414 e. The van der Waals surface area contributed by atoms with E-state index in [9.17, 15) is 9.59 Å². The van der Waals surface area contributed by atoms with E-state index >= 15 is 0 Å². The van der Waals surface area contributed by atoms with Crippen molar-refractivity contribution in [2.45, 2.75) is 198 Å². The molecule has 0 unspecified atom stereocenters. The van der Waals surface area contributed by atoms with Gasteiger partial charge in [-0.25, -0.2) is 94.5 Å². The van der Waals surface area contributed by atoms with Crippen molar-refractivity contribution in [3.05, 3.63) is 204 Å². The molecule has 0 atom stereocenters. The maximum absolute atomic E-state index is 11.2. The number of carbonyl (C=O) groups excluding carboxylic acids is 2. The fraction of sp³-hybridized carbons (Fsp3) is 0.437. The highest BCUT2D eigenvalue weighted by Gasteiger charge is 2.26. The summed E-state index contributed by atoms with van der Waals surface area (Å²) in [6.45, 7) is 47.8. The summed E-state index contributed by atoms with van der Waals surface area (Å²) in [5.74, 6) is 9.86. The molecule has 97 heavy (non-hydrogen) atoms. The predicted molar refractivity (Wildman–Crippen MR) is 377 cm³/mol. The van der Waals surface area contributed by atoms with Crippen LogP contribution in [0.2, 0.25) is 5.02 Å². The van der Waals surface area contributed by atoms with Gasteiger partial charge in [-0.05, 0) is 205 Å². The fourth-order valence-corrected chi connectivity index (χ4v) is 8.12. The number of amides is 1.